The number of nitrogens with zero attached hydrogens (tertiary/aromatic N) is 4. The Morgan fingerprint density at radius 3 is 2.56 bits per heavy atom. The van der Waals surface area contributed by atoms with Crippen LogP contribution in [-0.2, 0) is 10.2 Å². The number of carbonyl (C=O) groups excluding carboxylic acids is 2. The van der Waals surface area contributed by atoms with E-state index in [9.17, 15) is 9.59 Å². The van der Waals surface area contributed by atoms with E-state index in [1.54, 1.807) is 28.9 Å². The molecule has 2 amide bonds. The van der Waals surface area contributed by atoms with Crippen molar-refractivity contribution >= 4 is 28.8 Å². The van der Waals surface area contributed by atoms with Crippen molar-refractivity contribution < 1.29 is 19.5 Å². The minimum absolute atomic E-state index is 0.109. The Morgan fingerprint density at radius 1 is 1.08 bits per heavy atom. The molecule has 1 aliphatic carbocycles. The molecule has 1 saturated heterocycles. The maximum atomic E-state index is 12.8. The number of carbonyl (C=O) groups is 2. The van der Waals surface area contributed by atoms with Crippen molar-refractivity contribution in [3.8, 4) is 11.4 Å². The van der Waals surface area contributed by atoms with Crippen molar-refractivity contribution in [3.63, 3.8) is 0 Å². The van der Waals surface area contributed by atoms with Crippen LogP contribution >= 0.6 is 11.3 Å². The summed E-state index contributed by atoms with van der Waals surface area (Å²) in [4.78, 5) is 36.5. The van der Waals surface area contributed by atoms with E-state index in [0.717, 1.165) is 73.3 Å². The van der Waals surface area contributed by atoms with Crippen LogP contribution in [-0.4, -0.2) is 75.7 Å². The molecule has 0 radical (unpaired) electrons. The van der Waals surface area contributed by atoms with Gasteiger partial charge in [-0.25, -0.2) is 15.4 Å². The van der Waals surface area contributed by atoms with Crippen molar-refractivity contribution in [1.29, 1.82) is 0 Å². The van der Waals surface area contributed by atoms with Crippen molar-refractivity contribution in [1.82, 2.24) is 30.1 Å². The lowest BCUT2D eigenvalue weighted by atomic mass is 9.95. The molecular weight excluding hydrogens is 516 g/mol. The summed E-state index contributed by atoms with van der Waals surface area (Å²) >= 11 is 1.63. The summed E-state index contributed by atoms with van der Waals surface area (Å²) in [6.45, 7) is 6.63. The monoisotopic (exact) mass is 546 g/mol. The number of amides is 2. The molecule has 4 heterocycles. The number of hydroxylamine groups is 1. The topological polar surface area (TPSA) is 121 Å². The standard InChI is InChI=1S/C28H30N6O4S/c1-18-24(22-17-39-27(31-22)28(7-8-28)21-4-2-19(3-5-21)26(36)32-37)34-10-6-20(16-23(34)30-18)25(35)29-9-11-33-12-14-38-15-13-33/h2-6,10,16-17,37H,7-9,11-15H2,1H3,(H,29,35)(H,32,36). The highest BCUT2D eigenvalue weighted by atomic mass is 32.1. The second kappa shape index (κ2) is 10.5. The van der Waals surface area contributed by atoms with Gasteiger partial charge in [-0.2, -0.15) is 0 Å². The molecule has 11 heteroatoms. The minimum atomic E-state index is -0.528. The Morgan fingerprint density at radius 2 is 1.85 bits per heavy atom. The first-order chi connectivity index (χ1) is 19.0. The summed E-state index contributed by atoms with van der Waals surface area (Å²) in [5, 5.41) is 15.0. The van der Waals surface area contributed by atoms with E-state index in [0.29, 0.717) is 23.3 Å². The lowest BCUT2D eigenvalue weighted by Crippen LogP contribution is -2.41. The van der Waals surface area contributed by atoms with E-state index < -0.39 is 5.91 Å². The highest BCUT2D eigenvalue weighted by Gasteiger charge is 2.48. The number of pyridine rings is 1. The predicted molar refractivity (Wildman–Crippen MR) is 146 cm³/mol. The fraction of sp³-hybridized carbons (Fsp3) is 0.357. The third-order valence-corrected chi connectivity index (χ3v) is 8.63. The molecule has 4 aromatic rings. The number of morpholine rings is 1. The predicted octanol–water partition coefficient (Wildman–Crippen LogP) is 3.03. The lowest BCUT2D eigenvalue weighted by Gasteiger charge is -2.26. The highest BCUT2D eigenvalue weighted by molar-refractivity contribution is 7.10. The van der Waals surface area contributed by atoms with Gasteiger partial charge in [0.05, 0.1) is 24.6 Å². The molecule has 1 saturated carbocycles. The van der Waals surface area contributed by atoms with Gasteiger partial charge in [0.2, 0.25) is 0 Å². The number of fused-ring (bicyclic) bond motifs is 1. The summed E-state index contributed by atoms with van der Waals surface area (Å²) in [7, 11) is 0. The fourth-order valence-corrected chi connectivity index (χ4v) is 6.31. The van der Waals surface area contributed by atoms with E-state index in [1.807, 2.05) is 41.8 Å². The first kappa shape index (κ1) is 25.6. The van der Waals surface area contributed by atoms with Crippen LogP contribution in [0.5, 0.6) is 0 Å². The van der Waals surface area contributed by atoms with Gasteiger partial charge in [0.15, 0.2) is 0 Å². The molecule has 3 aromatic heterocycles. The van der Waals surface area contributed by atoms with Gasteiger partial charge < -0.3 is 10.1 Å². The van der Waals surface area contributed by atoms with Gasteiger partial charge in [0, 0.05) is 54.3 Å². The highest BCUT2D eigenvalue weighted by Crippen LogP contribution is 2.54. The SMILES string of the molecule is Cc1nc2cc(C(=O)NCCN3CCOCC3)ccn2c1-c1csc(C2(c3ccc(C(=O)NO)cc3)CC2)n1. The number of ether oxygens (including phenoxy) is 1. The van der Waals surface area contributed by atoms with Crippen LogP contribution in [0.25, 0.3) is 17.0 Å². The first-order valence-electron chi connectivity index (χ1n) is 13.1. The second-order valence-electron chi connectivity index (χ2n) is 10.0. The molecule has 202 valence electrons. The van der Waals surface area contributed by atoms with Crippen LogP contribution in [0, 0.1) is 6.92 Å². The van der Waals surface area contributed by atoms with Crippen molar-refractivity contribution in [2.75, 3.05) is 39.4 Å². The number of nitrogens with one attached hydrogen (secondary N) is 2. The van der Waals surface area contributed by atoms with Gasteiger partial charge in [-0.3, -0.25) is 24.1 Å². The van der Waals surface area contributed by atoms with Crippen LogP contribution in [0.1, 0.15) is 49.8 Å². The normalized spacial score (nSPS) is 16.8. The van der Waals surface area contributed by atoms with Gasteiger partial charge in [-0.15, -0.1) is 11.3 Å². The smallest absolute Gasteiger partial charge is 0.274 e. The molecule has 3 N–H and O–H groups in total. The van der Waals surface area contributed by atoms with Gasteiger partial charge in [0.25, 0.3) is 11.8 Å². The summed E-state index contributed by atoms with van der Waals surface area (Å²) in [6.07, 6.45) is 3.86. The van der Waals surface area contributed by atoms with Crippen LogP contribution in [0.15, 0.2) is 48.0 Å². The lowest BCUT2D eigenvalue weighted by molar-refractivity contribution is 0.0383. The Labute approximate surface area is 229 Å². The number of aryl methyl sites for hydroxylation is 1. The van der Waals surface area contributed by atoms with Crippen LogP contribution < -0.4 is 10.8 Å². The Kier molecular flexibility index (Phi) is 6.90. The van der Waals surface area contributed by atoms with E-state index in [-0.39, 0.29) is 11.3 Å². The Balaban J connectivity index is 1.19. The molecule has 1 aliphatic heterocycles. The average Bonchev–Trinajstić information content (AvgIpc) is 3.51. The van der Waals surface area contributed by atoms with Crippen molar-refractivity contribution in [2.24, 2.45) is 0 Å². The number of thiazole rings is 1. The van der Waals surface area contributed by atoms with Crippen LogP contribution in [0.2, 0.25) is 0 Å². The third kappa shape index (κ3) is 4.94. The molecule has 0 unspecified atom stereocenters. The molecule has 6 rings (SSSR count). The number of hydrogen-bond donors (Lipinski definition) is 3. The molecule has 1 aromatic carbocycles. The van der Waals surface area contributed by atoms with Crippen molar-refractivity contribution in [3.05, 3.63) is 75.4 Å². The van der Waals surface area contributed by atoms with E-state index >= 15 is 0 Å². The average molecular weight is 547 g/mol. The van der Waals surface area contributed by atoms with Gasteiger partial charge in [-0.1, -0.05) is 12.1 Å². The fourth-order valence-electron chi connectivity index (χ4n) is 5.23. The van der Waals surface area contributed by atoms with Gasteiger partial charge >= 0.3 is 0 Å². The molecule has 0 spiro atoms. The molecule has 0 bridgehead atoms. The zero-order valence-corrected chi connectivity index (χ0v) is 22.5. The number of imidazole rings is 1. The van der Waals surface area contributed by atoms with E-state index in [4.69, 9.17) is 19.9 Å². The van der Waals surface area contributed by atoms with Crippen LogP contribution in [0.4, 0.5) is 0 Å². The largest absolute Gasteiger partial charge is 0.379 e. The number of hydrogen-bond acceptors (Lipinski definition) is 8. The third-order valence-electron chi connectivity index (χ3n) is 7.59. The minimum Gasteiger partial charge on any atom is -0.379 e. The number of aromatic nitrogens is 3. The summed E-state index contributed by atoms with van der Waals surface area (Å²) in [5.41, 5.74) is 6.93. The van der Waals surface area contributed by atoms with Crippen LogP contribution in [0.3, 0.4) is 0 Å². The van der Waals surface area contributed by atoms with E-state index in [2.05, 4.69) is 15.6 Å². The molecular formula is C28H30N6O4S. The Hall–Kier alpha value is -3.64. The maximum Gasteiger partial charge on any atom is 0.274 e. The second-order valence-corrected chi connectivity index (χ2v) is 10.9. The Bertz CT molecular complexity index is 1520. The molecule has 0 atom stereocenters. The maximum absolute atomic E-state index is 12.8. The molecule has 2 aliphatic rings. The molecule has 2 fully saturated rings. The summed E-state index contributed by atoms with van der Waals surface area (Å²) in [5.74, 6) is -0.637. The zero-order chi connectivity index (χ0) is 27.0. The zero-order valence-electron chi connectivity index (χ0n) is 21.6. The van der Waals surface area contributed by atoms with Crippen molar-refractivity contribution in [2.45, 2.75) is 25.2 Å². The number of benzene rings is 1. The summed E-state index contributed by atoms with van der Waals surface area (Å²) < 4.78 is 7.36. The molecule has 39 heavy (non-hydrogen) atoms. The summed E-state index contributed by atoms with van der Waals surface area (Å²) in [6, 6.07) is 11.0. The quantitative estimate of drug-likeness (QED) is 0.229. The molecule has 10 nitrogen and oxygen atoms in total. The van der Waals surface area contributed by atoms with Gasteiger partial charge in [0.1, 0.15) is 16.3 Å². The first-order valence-corrected chi connectivity index (χ1v) is 13.9. The number of rotatable bonds is 8. The van der Waals surface area contributed by atoms with E-state index in [1.165, 1.54) is 0 Å². The van der Waals surface area contributed by atoms with Gasteiger partial charge in [-0.05, 0) is 49.6 Å².